The van der Waals surface area contributed by atoms with Crippen LogP contribution in [-0.2, 0) is 9.53 Å². The van der Waals surface area contributed by atoms with E-state index < -0.39 is 37.3 Å². The number of hydrogen-bond donors (Lipinski definition) is 6. The van der Waals surface area contributed by atoms with Crippen LogP contribution in [0, 0.1) is 0 Å². The van der Waals surface area contributed by atoms with E-state index >= 15 is 0 Å². The van der Waals surface area contributed by atoms with E-state index in [2.05, 4.69) is 10.6 Å². The van der Waals surface area contributed by atoms with Crippen molar-refractivity contribution >= 4 is 17.3 Å². The maximum Gasteiger partial charge on any atom is 0.221 e. The van der Waals surface area contributed by atoms with Gasteiger partial charge in [0.1, 0.15) is 24.4 Å². The molecule has 122 valence electrons. The highest BCUT2D eigenvalue weighted by Gasteiger charge is 2.43. The second-order valence-electron chi connectivity index (χ2n) is 5.15. The molecule has 1 fully saturated rings. The summed E-state index contributed by atoms with van der Waals surface area (Å²) >= 11 is 0. The van der Waals surface area contributed by atoms with Crippen LogP contribution in [0.1, 0.15) is 6.92 Å². The fourth-order valence-electron chi connectivity index (χ4n) is 2.24. The standard InChI is InChI=1S/C14H20N2O6/c1-7(18)15-8-2-4-9(5-3-8)16-14-13(21)12(20)11(19)10(6-17)22-14/h2-5,10-14,16-17,19-21H,6H2,1H3,(H,15,18)/t10-,11+,12-,13-,14-/m0/s1. The van der Waals surface area contributed by atoms with Gasteiger partial charge in [-0.1, -0.05) is 0 Å². The fraction of sp³-hybridized carbons (Fsp3) is 0.500. The number of hydrogen-bond acceptors (Lipinski definition) is 7. The summed E-state index contributed by atoms with van der Waals surface area (Å²) in [5.74, 6) is -0.186. The lowest BCUT2D eigenvalue weighted by atomic mass is 9.98. The van der Waals surface area contributed by atoms with Gasteiger partial charge in [0.25, 0.3) is 0 Å². The smallest absolute Gasteiger partial charge is 0.221 e. The molecule has 1 saturated heterocycles. The van der Waals surface area contributed by atoms with Crippen LogP contribution in [0.4, 0.5) is 11.4 Å². The average molecular weight is 312 g/mol. The minimum atomic E-state index is -1.43. The van der Waals surface area contributed by atoms with Crippen LogP contribution in [0.2, 0.25) is 0 Å². The van der Waals surface area contributed by atoms with E-state index in [0.29, 0.717) is 11.4 Å². The highest BCUT2D eigenvalue weighted by atomic mass is 16.6. The number of nitrogens with one attached hydrogen (secondary N) is 2. The lowest BCUT2D eigenvalue weighted by Gasteiger charge is -2.40. The zero-order valence-electron chi connectivity index (χ0n) is 12.0. The van der Waals surface area contributed by atoms with Gasteiger partial charge < -0.3 is 35.8 Å². The fourth-order valence-corrected chi connectivity index (χ4v) is 2.24. The first-order chi connectivity index (χ1) is 10.4. The molecular weight excluding hydrogens is 292 g/mol. The zero-order chi connectivity index (χ0) is 16.3. The third-order valence-electron chi connectivity index (χ3n) is 3.41. The normalized spacial score (nSPS) is 31.6. The minimum absolute atomic E-state index is 0.186. The Morgan fingerprint density at radius 2 is 1.68 bits per heavy atom. The third-order valence-corrected chi connectivity index (χ3v) is 3.41. The monoisotopic (exact) mass is 312 g/mol. The van der Waals surface area contributed by atoms with Gasteiger partial charge in [0, 0.05) is 18.3 Å². The molecule has 6 N–H and O–H groups in total. The van der Waals surface area contributed by atoms with Crippen molar-refractivity contribution in [2.75, 3.05) is 17.2 Å². The second kappa shape index (κ2) is 7.03. The van der Waals surface area contributed by atoms with E-state index in [-0.39, 0.29) is 5.91 Å². The molecule has 1 aromatic carbocycles. The molecule has 0 spiro atoms. The molecule has 0 saturated carbocycles. The van der Waals surface area contributed by atoms with Crippen LogP contribution in [-0.4, -0.2) is 63.6 Å². The summed E-state index contributed by atoms with van der Waals surface area (Å²) < 4.78 is 5.34. The van der Waals surface area contributed by atoms with Crippen LogP contribution in [0.5, 0.6) is 0 Å². The molecule has 0 aliphatic carbocycles. The van der Waals surface area contributed by atoms with Gasteiger partial charge in [-0.3, -0.25) is 4.79 Å². The highest BCUT2D eigenvalue weighted by molar-refractivity contribution is 5.88. The molecule has 0 bridgehead atoms. The Morgan fingerprint density at radius 3 is 2.23 bits per heavy atom. The molecule has 1 aromatic rings. The van der Waals surface area contributed by atoms with Gasteiger partial charge in [-0.15, -0.1) is 0 Å². The number of rotatable bonds is 4. The van der Waals surface area contributed by atoms with E-state index in [0.717, 1.165) is 0 Å². The van der Waals surface area contributed by atoms with Crippen molar-refractivity contribution in [1.29, 1.82) is 0 Å². The third kappa shape index (κ3) is 3.73. The van der Waals surface area contributed by atoms with Crippen molar-refractivity contribution in [1.82, 2.24) is 0 Å². The Kier molecular flexibility index (Phi) is 5.33. The molecule has 1 heterocycles. The molecule has 0 unspecified atom stereocenters. The van der Waals surface area contributed by atoms with Gasteiger partial charge in [0.15, 0.2) is 6.23 Å². The van der Waals surface area contributed by atoms with Gasteiger partial charge >= 0.3 is 0 Å². The number of benzene rings is 1. The van der Waals surface area contributed by atoms with Gasteiger partial charge in [0.2, 0.25) is 5.91 Å². The molecule has 0 radical (unpaired) electrons. The topological polar surface area (TPSA) is 131 Å². The van der Waals surface area contributed by atoms with E-state index in [1.54, 1.807) is 24.3 Å². The first kappa shape index (κ1) is 16.7. The maximum atomic E-state index is 10.9. The zero-order valence-corrected chi connectivity index (χ0v) is 12.0. The quantitative estimate of drug-likeness (QED) is 0.414. The van der Waals surface area contributed by atoms with Crippen LogP contribution in [0.25, 0.3) is 0 Å². The first-order valence-corrected chi connectivity index (χ1v) is 6.87. The van der Waals surface area contributed by atoms with Crippen molar-refractivity contribution in [3.8, 4) is 0 Å². The van der Waals surface area contributed by atoms with Crippen LogP contribution in [0.3, 0.4) is 0 Å². The predicted molar refractivity (Wildman–Crippen MR) is 78.1 cm³/mol. The lowest BCUT2D eigenvalue weighted by molar-refractivity contribution is -0.221. The van der Waals surface area contributed by atoms with Crippen molar-refractivity contribution in [3.05, 3.63) is 24.3 Å². The first-order valence-electron chi connectivity index (χ1n) is 6.87. The Labute approximate surface area is 127 Å². The van der Waals surface area contributed by atoms with Crippen molar-refractivity contribution < 1.29 is 30.0 Å². The lowest BCUT2D eigenvalue weighted by Crippen LogP contribution is -2.60. The van der Waals surface area contributed by atoms with Crippen LogP contribution < -0.4 is 10.6 Å². The largest absolute Gasteiger partial charge is 0.394 e. The van der Waals surface area contributed by atoms with Gasteiger partial charge in [-0.2, -0.15) is 0 Å². The van der Waals surface area contributed by atoms with Gasteiger partial charge in [-0.25, -0.2) is 0 Å². The molecule has 1 aliphatic rings. The van der Waals surface area contributed by atoms with Gasteiger partial charge in [0.05, 0.1) is 6.61 Å². The summed E-state index contributed by atoms with van der Waals surface area (Å²) in [5, 5.41) is 43.9. The van der Waals surface area contributed by atoms with Crippen LogP contribution in [0.15, 0.2) is 24.3 Å². The maximum absolute atomic E-state index is 10.9. The molecule has 8 nitrogen and oxygen atoms in total. The number of ether oxygens (including phenoxy) is 1. The Hall–Kier alpha value is -1.71. The number of aliphatic hydroxyl groups excluding tert-OH is 4. The SMILES string of the molecule is CC(=O)Nc1ccc(N[C@H]2O[C@@H](CO)[C@@H](O)[C@H](O)[C@@H]2O)cc1. The number of carbonyl (C=O) groups excluding carboxylic acids is 1. The molecule has 1 amide bonds. The predicted octanol–water partition coefficient (Wildman–Crippen LogP) is -1.14. The van der Waals surface area contributed by atoms with Crippen molar-refractivity contribution in [2.45, 2.75) is 37.6 Å². The molecule has 2 rings (SSSR count). The summed E-state index contributed by atoms with van der Waals surface area (Å²) in [4.78, 5) is 10.9. The molecule has 1 aliphatic heterocycles. The number of carbonyl (C=O) groups is 1. The van der Waals surface area contributed by atoms with Crippen LogP contribution >= 0.6 is 0 Å². The Bertz CT molecular complexity index is 507. The summed E-state index contributed by atoms with van der Waals surface area (Å²) in [6.45, 7) is 0.921. The Morgan fingerprint density at radius 1 is 1.09 bits per heavy atom. The minimum Gasteiger partial charge on any atom is -0.394 e. The molecular formula is C14H20N2O6. The Balaban J connectivity index is 2.04. The van der Waals surface area contributed by atoms with E-state index in [1.165, 1.54) is 6.92 Å². The van der Waals surface area contributed by atoms with Crippen molar-refractivity contribution in [3.63, 3.8) is 0 Å². The van der Waals surface area contributed by atoms with E-state index in [1.807, 2.05) is 0 Å². The average Bonchev–Trinajstić information content (AvgIpc) is 2.49. The number of anilines is 2. The second-order valence-corrected chi connectivity index (χ2v) is 5.15. The highest BCUT2D eigenvalue weighted by Crippen LogP contribution is 2.23. The summed E-state index contributed by atoms with van der Waals surface area (Å²) in [7, 11) is 0. The van der Waals surface area contributed by atoms with E-state index in [9.17, 15) is 20.1 Å². The van der Waals surface area contributed by atoms with Gasteiger partial charge in [-0.05, 0) is 24.3 Å². The summed E-state index contributed by atoms with van der Waals surface area (Å²) in [5.41, 5.74) is 1.20. The molecule has 0 aromatic heterocycles. The number of amides is 1. The van der Waals surface area contributed by atoms with E-state index in [4.69, 9.17) is 9.84 Å². The molecule has 22 heavy (non-hydrogen) atoms. The molecule has 8 heteroatoms. The number of aliphatic hydroxyl groups is 4. The molecule has 5 atom stereocenters. The summed E-state index contributed by atoms with van der Waals surface area (Å²) in [6.07, 6.45) is -6.12. The summed E-state index contributed by atoms with van der Waals surface area (Å²) in [6, 6.07) is 6.64. The van der Waals surface area contributed by atoms with Crippen molar-refractivity contribution in [2.24, 2.45) is 0 Å².